The maximum Gasteiger partial charge on any atom is 0.240 e. The van der Waals surface area contributed by atoms with Crippen molar-refractivity contribution in [1.29, 1.82) is 0 Å². The van der Waals surface area contributed by atoms with E-state index in [-0.39, 0.29) is 11.4 Å². The van der Waals surface area contributed by atoms with Gasteiger partial charge in [0.1, 0.15) is 6.04 Å². The van der Waals surface area contributed by atoms with Crippen LogP contribution in [-0.2, 0) is 9.59 Å². The van der Waals surface area contributed by atoms with Crippen LogP contribution in [0.1, 0.15) is 51.4 Å². The molecule has 1 aliphatic carbocycles. The Bertz CT molecular complexity index is 337. The molecular formula is C13H23N3O2. The molecule has 0 aromatic rings. The van der Waals surface area contributed by atoms with E-state index in [1.54, 1.807) is 4.90 Å². The molecule has 1 aliphatic heterocycles. The summed E-state index contributed by atoms with van der Waals surface area (Å²) in [7, 11) is 0. The molecule has 102 valence electrons. The third kappa shape index (κ3) is 2.83. The van der Waals surface area contributed by atoms with Crippen LogP contribution in [-0.4, -0.2) is 34.8 Å². The van der Waals surface area contributed by atoms with Crippen LogP contribution in [0.3, 0.4) is 0 Å². The van der Waals surface area contributed by atoms with E-state index < -0.39 is 11.9 Å². The first kappa shape index (κ1) is 13.3. The standard InChI is InChI=1S/C13H23N3O2/c14-12(18)10-5-4-8-16(10)11(17)9-13(15)6-2-1-3-7-13/h10H,1-9,15H2,(H2,14,18). The van der Waals surface area contributed by atoms with Crippen molar-refractivity contribution in [2.75, 3.05) is 6.54 Å². The van der Waals surface area contributed by atoms with E-state index >= 15 is 0 Å². The van der Waals surface area contributed by atoms with Crippen LogP contribution in [0.2, 0.25) is 0 Å². The number of carbonyl (C=O) groups is 2. The lowest BCUT2D eigenvalue weighted by atomic mass is 9.80. The molecule has 0 aromatic carbocycles. The summed E-state index contributed by atoms with van der Waals surface area (Å²) in [4.78, 5) is 25.2. The van der Waals surface area contributed by atoms with Crippen molar-refractivity contribution < 1.29 is 9.59 Å². The third-order valence-corrected chi connectivity index (χ3v) is 4.25. The Morgan fingerprint density at radius 1 is 1.17 bits per heavy atom. The predicted octanol–water partition coefficient (Wildman–Crippen LogP) is 0.514. The van der Waals surface area contributed by atoms with E-state index in [4.69, 9.17) is 11.5 Å². The molecule has 0 bridgehead atoms. The molecule has 0 radical (unpaired) electrons. The summed E-state index contributed by atoms with van der Waals surface area (Å²) in [5.41, 5.74) is 11.3. The van der Waals surface area contributed by atoms with Crippen molar-refractivity contribution in [3.05, 3.63) is 0 Å². The van der Waals surface area contributed by atoms with E-state index in [1.807, 2.05) is 0 Å². The SMILES string of the molecule is NC(=O)C1CCCN1C(=O)CC1(N)CCCCC1. The summed E-state index contributed by atoms with van der Waals surface area (Å²) in [5.74, 6) is -0.392. The quantitative estimate of drug-likeness (QED) is 0.768. The number of amides is 2. The minimum atomic E-state index is -0.412. The summed E-state index contributed by atoms with van der Waals surface area (Å²) in [6.07, 6.45) is 7.14. The number of hydrogen-bond acceptors (Lipinski definition) is 3. The average molecular weight is 253 g/mol. The highest BCUT2D eigenvalue weighted by Crippen LogP contribution is 2.30. The zero-order chi connectivity index (χ0) is 13.2. The lowest BCUT2D eigenvalue weighted by Crippen LogP contribution is -2.50. The molecule has 18 heavy (non-hydrogen) atoms. The highest BCUT2D eigenvalue weighted by Gasteiger charge is 2.37. The Kier molecular flexibility index (Phi) is 3.90. The molecular weight excluding hydrogens is 230 g/mol. The normalized spacial score (nSPS) is 27.2. The molecule has 1 saturated heterocycles. The van der Waals surface area contributed by atoms with Crippen molar-refractivity contribution >= 4 is 11.8 Å². The zero-order valence-electron chi connectivity index (χ0n) is 10.9. The van der Waals surface area contributed by atoms with Crippen molar-refractivity contribution in [2.45, 2.75) is 62.9 Å². The first-order chi connectivity index (χ1) is 8.52. The molecule has 5 heteroatoms. The largest absolute Gasteiger partial charge is 0.368 e. The fourth-order valence-electron chi connectivity index (χ4n) is 3.20. The van der Waals surface area contributed by atoms with E-state index in [2.05, 4.69) is 0 Å². The second kappa shape index (κ2) is 5.26. The second-order valence-corrected chi connectivity index (χ2v) is 5.75. The molecule has 4 N–H and O–H groups in total. The monoisotopic (exact) mass is 253 g/mol. The summed E-state index contributed by atoms with van der Waals surface area (Å²) >= 11 is 0. The third-order valence-electron chi connectivity index (χ3n) is 4.25. The van der Waals surface area contributed by atoms with Gasteiger partial charge in [0.05, 0.1) is 0 Å². The van der Waals surface area contributed by atoms with Gasteiger partial charge in [-0.05, 0) is 25.7 Å². The van der Waals surface area contributed by atoms with Gasteiger partial charge in [-0.2, -0.15) is 0 Å². The number of primary amides is 1. The van der Waals surface area contributed by atoms with E-state index in [0.29, 0.717) is 19.4 Å². The minimum Gasteiger partial charge on any atom is -0.368 e. The molecule has 2 aliphatic rings. The van der Waals surface area contributed by atoms with Gasteiger partial charge in [-0.15, -0.1) is 0 Å². The molecule has 1 saturated carbocycles. The van der Waals surface area contributed by atoms with E-state index in [0.717, 1.165) is 32.1 Å². The highest BCUT2D eigenvalue weighted by atomic mass is 16.2. The van der Waals surface area contributed by atoms with Gasteiger partial charge in [0.2, 0.25) is 11.8 Å². The minimum absolute atomic E-state index is 0.000648. The summed E-state index contributed by atoms with van der Waals surface area (Å²) in [6.45, 7) is 0.641. The van der Waals surface area contributed by atoms with Gasteiger partial charge in [0.15, 0.2) is 0 Å². The smallest absolute Gasteiger partial charge is 0.240 e. The van der Waals surface area contributed by atoms with Gasteiger partial charge >= 0.3 is 0 Å². The first-order valence-electron chi connectivity index (χ1n) is 6.89. The predicted molar refractivity (Wildman–Crippen MR) is 68.5 cm³/mol. The molecule has 1 atom stereocenters. The Balaban J connectivity index is 1.96. The van der Waals surface area contributed by atoms with Gasteiger partial charge in [0, 0.05) is 18.5 Å². The van der Waals surface area contributed by atoms with Crippen LogP contribution < -0.4 is 11.5 Å². The first-order valence-corrected chi connectivity index (χ1v) is 6.89. The van der Waals surface area contributed by atoms with Gasteiger partial charge in [-0.1, -0.05) is 19.3 Å². The van der Waals surface area contributed by atoms with Crippen LogP contribution in [0.15, 0.2) is 0 Å². The Morgan fingerprint density at radius 3 is 2.44 bits per heavy atom. The van der Waals surface area contributed by atoms with E-state index in [1.165, 1.54) is 6.42 Å². The van der Waals surface area contributed by atoms with Gasteiger partial charge in [0.25, 0.3) is 0 Å². The molecule has 2 rings (SSSR count). The molecule has 2 fully saturated rings. The van der Waals surface area contributed by atoms with Crippen molar-refractivity contribution in [2.24, 2.45) is 11.5 Å². The molecule has 5 nitrogen and oxygen atoms in total. The molecule has 0 spiro atoms. The average Bonchev–Trinajstić information content (AvgIpc) is 2.78. The summed E-state index contributed by atoms with van der Waals surface area (Å²) in [6, 6.07) is -0.412. The Morgan fingerprint density at radius 2 is 1.83 bits per heavy atom. The van der Waals surface area contributed by atoms with Crippen LogP contribution in [0, 0.1) is 0 Å². The van der Waals surface area contributed by atoms with Crippen LogP contribution >= 0.6 is 0 Å². The van der Waals surface area contributed by atoms with Crippen molar-refractivity contribution in [3.63, 3.8) is 0 Å². The van der Waals surface area contributed by atoms with Gasteiger partial charge in [-0.3, -0.25) is 9.59 Å². The maximum absolute atomic E-state index is 12.3. The second-order valence-electron chi connectivity index (χ2n) is 5.75. The van der Waals surface area contributed by atoms with Crippen molar-refractivity contribution in [1.82, 2.24) is 4.90 Å². The van der Waals surface area contributed by atoms with Crippen LogP contribution in [0.4, 0.5) is 0 Å². The highest BCUT2D eigenvalue weighted by molar-refractivity contribution is 5.87. The molecule has 1 unspecified atom stereocenters. The lowest BCUT2D eigenvalue weighted by molar-refractivity contribution is -0.138. The maximum atomic E-state index is 12.3. The molecule has 0 aromatic heterocycles. The number of rotatable bonds is 3. The Labute approximate surface area is 108 Å². The zero-order valence-corrected chi connectivity index (χ0v) is 10.9. The van der Waals surface area contributed by atoms with Crippen LogP contribution in [0.5, 0.6) is 0 Å². The van der Waals surface area contributed by atoms with E-state index in [9.17, 15) is 9.59 Å². The topological polar surface area (TPSA) is 89.4 Å². The number of nitrogens with two attached hydrogens (primary N) is 2. The Hall–Kier alpha value is -1.10. The molecule has 2 amide bonds. The summed E-state index contributed by atoms with van der Waals surface area (Å²) < 4.78 is 0. The fourth-order valence-corrected chi connectivity index (χ4v) is 3.20. The lowest BCUT2D eigenvalue weighted by Gasteiger charge is -2.35. The number of nitrogens with zero attached hydrogens (tertiary/aromatic N) is 1. The fraction of sp³-hybridized carbons (Fsp3) is 0.846. The number of carbonyl (C=O) groups excluding carboxylic acids is 2. The van der Waals surface area contributed by atoms with Gasteiger partial charge < -0.3 is 16.4 Å². The number of hydrogen-bond donors (Lipinski definition) is 2. The summed E-state index contributed by atoms with van der Waals surface area (Å²) in [5, 5.41) is 0. The number of likely N-dealkylation sites (tertiary alicyclic amines) is 1. The molecule has 1 heterocycles. The van der Waals surface area contributed by atoms with Crippen LogP contribution in [0.25, 0.3) is 0 Å². The van der Waals surface area contributed by atoms with Crippen molar-refractivity contribution in [3.8, 4) is 0 Å². The van der Waals surface area contributed by atoms with Gasteiger partial charge in [-0.25, -0.2) is 0 Å².